The van der Waals surface area contributed by atoms with Crippen molar-refractivity contribution < 1.29 is 4.42 Å². The zero-order valence-electron chi connectivity index (χ0n) is 10.2. The fourth-order valence-electron chi connectivity index (χ4n) is 1.30. The van der Waals surface area contributed by atoms with Crippen molar-refractivity contribution in [2.45, 2.75) is 7.59 Å². The van der Waals surface area contributed by atoms with E-state index in [4.69, 9.17) is 85.6 Å². The molecular weight excluding hydrogens is 438 g/mol. The highest BCUT2D eigenvalue weighted by Crippen LogP contribution is 2.40. The molecule has 2 rings (SSSR count). The lowest BCUT2D eigenvalue weighted by atomic mass is 10.4. The number of furan rings is 1. The molecule has 0 fully saturated rings. The maximum atomic E-state index is 5.89. The van der Waals surface area contributed by atoms with Crippen molar-refractivity contribution in [1.82, 2.24) is 15.0 Å². The quantitative estimate of drug-likeness (QED) is 0.540. The van der Waals surface area contributed by atoms with Gasteiger partial charge in [-0.3, -0.25) is 0 Å². The summed E-state index contributed by atoms with van der Waals surface area (Å²) in [5.41, 5.74) is 0. The van der Waals surface area contributed by atoms with E-state index in [0.717, 1.165) is 0 Å². The van der Waals surface area contributed by atoms with Crippen LogP contribution in [0.25, 0.3) is 12.2 Å². The van der Waals surface area contributed by atoms with Crippen LogP contribution in [0.4, 0.5) is 0 Å². The van der Waals surface area contributed by atoms with Crippen molar-refractivity contribution in [1.29, 1.82) is 0 Å². The van der Waals surface area contributed by atoms with E-state index in [0.29, 0.717) is 10.8 Å². The second-order valence-corrected chi connectivity index (χ2v) is 8.77. The number of aromatic nitrogens is 3. The molecular formula is C11H4Cl7N3O. The first-order valence-electron chi connectivity index (χ1n) is 5.39. The van der Waals surface area contributed by atoms with Crippen LogP contribution in [-0.4, -0.2) is 15.0 Å². The van der Waals surface area contributed by atoms with E-state index in [1.165, 1.54) is 18.4 Å². The van der Waals surface area contributed by atoms with E-state index in [1.807, 2.05) is 0 Å². The van der Waals surface area contributed by atoms with Gasteiger partial charge in [0.1, 0.15) is 5.76 Å². The molecule has 0 bridgehead atoms. The average Bonchev–Trinajstić information content (AvgIpc) is 2.79. The van der Waals surface area contributed by atoms with Crippen molar-refractivity contribution in [3.05, 3.63) is 40.6 Å². The Morgan fingerprint density at radius 2 is 1.41 bits per heavy atom. The molecule has 2 heterocycles. The molecule has 0 aliphatic carbocycles. The van der Waals surface area contributed by atoms with E-state index in [2.05, 4.69) is 15.0 Å². The molecule has 2 aromatic heterocycles. The topological polar surface area (TPSA) is 51.8 Å². The van der Waals surface area contributed by atoms with Crippen LogP contribution in [0.15, 0.2) is 16.7 Å². The van der Waals surface area contributed by atoms with Crippen LogP contribution in [0.1, 0.15) is 23.2 Å². The van der Waals surface area contributed by atoms with Gasteiger partial charge < -0.3 is 4.42 Å². The maximum absolute atomic E-state index is 5.89. The number of hydrogen-bond acceptors (Lipinski definition) is 4. The molecule has 0 saturated carbocycles. The predicted molar refractivity (Wildman–Crippen MR) is 90.9 cm³/mol. The van der Waals surface area contributed by atoms with Gasteiger partial charge in [0.25, 0.3) is 0 Å². The van der Waals surface area contributed by atoms with Gasteiger partial charge in [0.15, 0.2) is 17.5 Å². The molecule has 0 amide bonds. The fraction of sp³-hybridized carbons (Fsp3) is 0.182. The van der Waals surface area contributed by atoms with Gasteiger partial charge in [0, 0.05) is 0 Å². The molecule has 0 atom stereocenters. The number of halogens is 7. The Labute approximate surface area is 160 Å². The number of nitrogens with zero attached hydrogens (tertiary/aromatic N) is 3. The molecule has 0 N–H and O–H groups in total. The highest BCUT2D eigenvalue weighted by atomic mass is 35.6. The van der Waals surface area contributed by atoms with E-state index in [9.17, 15) is 0 Å². The summed E-state index contributed by atoms with van der Waals surface area (Å²) < 4.78 is 1.33. The molecule has 11 heteroatoms. The summed E-state index contributed by atoms with van der Waals surface area (Å²) in [6.07, 6.45) is 4.39. The average molecular weight is 442 g/mol. The largest absolute Gasteiger partial charge is 0.463 e. The normalized spacial score (nSPS) is 13.0. The predicted octanol–water partition coefficient (Wildman–Crippen LogP) is 5.94. The van der Waals surface area contributed by atoms with Gasteiger partial charge in [0.05, 0.1) is 11.3 Å². The summed E-state index contributed by atoms with van der Waals surface area (Å²) in [6, 6.07) is 1.58. The Kier molecular flexibility index (Phi) is 5.77. The Hall–Kier alpha value is 0.0600. The Balaban J connectivity index is 2.47. The number of alkyl halides is 6. The second kappa shape index (κ2) is 6.89. The third-order valence-corrected chi connectivity index (χ3v) is 3.51. The minimum atomic E-state index is -1.90. The smallest absolute Gasteiger partial charge is 0.250 e. The molecule has 2 aromatic rings. The van der Waals surface area contributed by atoms with Crippen molar-refractivity contribution >= 4 is 93.4 Å². The van der Waals surface area contributed by atoms with Crippen LogP contribution in [0, 0.1) is 0 Å². The molecule has 0 spiro atoms. The second-order valence-electron chi connectivity index (χ2n) is 3.80. The molecule has 0 aromatic carbocycles. The monoisotopic (exact) mass is 439 g/mol. The van der Waals surface area contributed by atoms with Gasteiger partial charge >= 0.3 is 0 Å². The molecule has 0 saturated heterocycles. The van der Waals surface area contributed by atoms with E-state index in [-0.39, 0.29) is 17.5 Å². The van der Waals surface area contributed by atoms with Crippen LogP contribution in [-0.2, 0) is 7.59 Å². The van der Waals surface area contributed by atoms with Crippen LogP contribution < -0.4 is 0 Å². The van der Waals surface area contributed by atoms with Gasteiger partial charge in [-0.2, -0.15) is 0 Å². The first kappa shape index (κ1) is 18.4. The van der Waals surface area contributed by atoms with Crippen molar-refractivity contribution in [3.63, 3.8) is 0 Å². The Morgan fingerprint density at radius 1 is 0.864 bits per heavy atom. The van der Waals surface area contributed by atoms with Gasteiger partial charge in [-0.05, 0) is 18.2 Å². The summed E-state index contributed by atoms with van der Waals surface area (Å²) in [4.78, 5) is 11.8. The highest BCUT2D eigenvalue weighted by Gasteiger charge is 2.33. The third-order valence-electron chi connectivity index (χ3n) is 2.19. The van der Waals surface area contributed by atoms with Crippen LogP contribution >= 0.6 is 81.2 Å². The van der Waals surface area contributed by atoms with Gasteiger partial charge in [-0.1, -0.05) is 81.2 Å². The highest BCUT2D eigenvalue weighted by molar-refractivity contribution is 6.67. The molecule has 0 aliphatic heterocycles. The zero-order valence-corrected chi connectivity index (χ0v) is 15.5. The summed E-state index contributed by atoms with van der Waals surface area (Å²) in [5.74, 6) is 0.135. The molecule has 4 nitrogen and oxygen atoms in total. The number of rotatable bonds is 2. The summed E-state index contributed by atoms with van der Waals surface area (Å²) in [6.45, 7) is 0. The Morgan fingerprint density at radius 3 is 1.82 bits per heavy atom. The van der Waals surface area contributed by atoms with Gasteiger partial charge in [-0.15, -0.1) is 0 Å². The van der Waals surface area contributed by atoms with Crippen LogP contribution in [0.5, 0.6) is 0 Å². The minimum Gasteiger partial charge on any atom is -0.463 e. The molecule has 118 valence electrons. The van der Waals surface area contributed by atoms with Crippen LogP contribution in [0.2, 0.25) is 5.02 Å². The lowest BCUT2D eigenvalue weighted by Crippen LogP contribution is -2.16. The minimum absolute atomic E-state index is 0.102. The van der Waals surface area contributed by atoms with Gasteiger partial charge in [-0.25, -0.2) is 15.0 Å². The van der Waals surface area contributed by atoms with Gasteiger partial charge in [0.2, 0.25) is 7.59 Å². The fourth-order valence-corrected chi connectivity index (χ4v) is 1.96. The standard InChI is InChI=1S/C11H4Cl7N3O/c12-5-3-4-22-6(5)1-2-7-19-8(10(13,14)15)21-9(20-7)11(16,17)18/h1-4H/b2-1+. The first-order chi connectivity index (χ1) is 10.1. The molecule has 0 aliphatic rings. The third kappa shape index (κ3) is 4.78. The molecule has 22 heavy (non-hydrogen) atoms. The lowest BCUT2D eigenvalue weighted by molar-refractivity contribution is 0.557. The zero-order chi connectivity index (χ0) is 16.5. The van der Waals surface area contributed by atoms with Crippen molar-refractivity contribution in [2.24, 2.45) is 0 Å². The van der Waals surface area contributed by atoms with E-state index in [1.54, 1.807) is 6.07 Å². The summed E-state index contributed by atoms with van der Waals surface area (Å²) in [5, 5.41) is 0.411. The van der Waals surface area contributed by atoms with Crippen LogP contribution in [0.3, 0.4) is 0 Å². The lowest BCUT2D eigenvalue weighted by Gasteiger charge is -2.14. The summed E-state index contributed by atoms with van der Waals surface area (Å²) in [7, 11) is 0. The first-order valence-corrected chi connectivity index (χ1v) is 8.03. The van der Waals surface area contributed by atoms with E-state index < -0.39 is 7.59 Å². The molecule has 0 unspecified atom stereocenters. The van der Waals surface area contributed by atoms with E-state index >= 15 is 0 Å². The van der Waals surface area contributed by atoms with Crippen molar-refractivity contribution in [2.75, 3.05) is 0 Å². The summed E-state index contributed by atoms with van der Waals surface area (Å²) >= 11 is 40.5. The maximum Gasteiger partial charge on any atom is 0.250 e. The van der Waals surface area contributed by atoms with Crippen molar-refractivity contribution in [3.8, 4) is 0 Å². The Bertz CT molecular complexity index is 670. The molecule has 0 radical (unpaired) electrons. The SMILES string of the molecule is Clc1ccoc1/C=C/c1nc(C(Cl)(Cl)Cl)nc(C(Cl)(Cl)Cl)n1. The number of hydrogen-bond donors (Lipinski definition) is 0.